The van der Waals surface area contributed by atoms with Crippen molar-refractivity contribution in [2.45, 2.75) is 57.4 Å². The Morgan fingerprint density at radius 3 is 2.62 bits per heavy atom. The second kappa shape index (κ2) is 4.04. The molecule has 3 nitrogen and oxygen atoms in total. The molecule has 3 heteroatoms. The van der Waals surface area contributed by atoms with Crippen LogP contribution in [0.25, 0.3) is 0 Å². The molecule has 0 spiro atoms. The molecule has 2 saturated carbocycles. The highest BCUT2D eigenvalue weighted by atomic mass is 15.1. The highest BCUT2D eigenvalue weighted by Gasteiger charge is 2.27. The normalized spacial score (nSPS) is 20.6. The molecule has 0 bridgehead atoms. The van der Waals surface area contributed by atoms with Gasteiger partial charge in [-0.2, -0.15) is 0 Å². The maximum Gasteiger partial charge on any atom is 0.134 e. The third kappa shape index (κ3) is 2.04. The summed E-state index contributed by atoms with van der Waals surface area (Å²) < 4.78 is 0. The molecule has 16 heavy (non-hydrogen) atoms. The quantitative estimate of drug-likeness (QED) is 0.842. The van der Waals surface area contributed by atoms with E-state index < -0.39 is 0 Å². The first-order chi connectivity index (χ1) is 7.85. The van der Waals surface area contributed by atoms with E-state index in [2.05, 4.69) is 28.3 Å². The summed E-state index contributed by atoms with van der Waals surface area (Å²) in [6.07, 6.45) is 7.50. The van der Waals surface area contributed by atoms with Crippen molar-refractivity contribution in [3.63, 3.8) is 0 Å². The molecule has 2 aliphatic rings. The minimum absolute atomic E-state index is 0.647. The number of aromatic nitrogens is 2. The van der Waals surface area contributed by atoms with Crippen molar-refractivity contribution in [1.82, 2.24) is 9.97 Å². The highest BCUT2D eigenvalue weighted by Crippen LogP contribution is 2.38. The third-order valence-corrected chi connectivity index (χ3v) is 3.56. The Balaban J connectivity index is 1.81. The van der Waals surface area contributed by atoms with Gasteiger partial charge in [-0.15, -0.1) is 0 Å². The van der Waals surface area contributed by atoms with Crippen LogP contribution in [0.1, 0.15) is 56.5 Å². The van der Waals surface area contributed by atoms with Gasteiger partial charge in [0.05, 0.1) is 0 Å². The van der Waals surface area contributed by atoms with Crippen LogP contribution in [0.4, 0.5) is 5.82 Å². The van der Waals surface area contributed by atoms with Gasteiger partial charge >= 0.3 is 0 Å². The van der Waals surface area contributed by atoms with Gasteiger partial charge in [0.2, 0.25) is 0 Å². The van der Waals surface area contributed by atoms with E-state index in [1.165, 1.54) is 37.8 Å². The summed E-state index contributed by atoms with van der Waals surface area (Å²) in [6, 6.07) is 2.77. The van der Waals surface area contributed by atoms with Crippen molar-refractivity contribution in [2.75, 3.05) is 5.32 Å². The van der Waals surface area contributed by atoms with Crippen molar-refractivity contribution in [2.24, 2.45) is 0 Å². The lowest BCUT2D eigenvalue weighted by atomic mass is 9.93. The molecular weight excluding hydrogens is 198 g/mol. The topological polar surface area (TPSA) is 37.8 Å². The first kappa shape index (κ1) is 10.1. The monoisotopic (exact) mass is 217 g/mol. The molecule has 1 heterocycles. The van der Waals surface area contributed by atoms with E-state index in [4.69, 9.17) is 0 Å². The maximum absolute atomic E-state index is 4.64. The standard InChI is InChI=1S/C13H19N3/c1-2-10-8-12(14-11-4-3-5-11)16-13(15-10)9-6-7-9/h8-9,11H,2-7H2,1H3,(H,14,15,16). The molecule has 0 radical (unpaired) electrons. The average Bonchev–Trinajstić information content (AvgIpc) is 3.07. The van der Waals surface area contributed by atoms with Crippen molar-refractivity contribution >= 4 is 5.82 Å². The Hall–Kier alpha value is -1.12. The first-order valence-corrected chi connectivity index (χ1v) is 6.49. The zero-order valence-electron chi connectivity index (χ0n) is 9.87. The molecule has 0 aliphatic heterocycles. The number of aryl methyl sites for hydroxylation is 1. The smallest absolute Gasteiger partial charge is 0.134 e. The molecule has 1 aromatic rings. The average molecular weight is 217 g/mol. The molecule has 86 valence electrons. The minimum atomic E-state index is 0.647. The zero-order chi connectivity index (χ0) is 11.0. The van der Waals surface area contributed by atoms with E-state index in [1.807, 2.05) is 0 Å². The van der Waals surface area contributed by atoms with Crippen LogP contribution in [0, 0.1) is 0 Å². The fourth-order valence-corrected chi connectivity index (χ4v) is 2.06. The van der Waals surface area contributed by atoms with Crippen LogP contribution in [0.5, 0.6) is 0 Å². The lowest BCUT2D eigenvalue weighted by molar-refractivity contribution is 0.444. The lowest BCUT2D eigenvalue weighted by Crippen LogP contribution is -2.27. The predicted octanol–water partition coefficient (Wildman–Crippen LogP) is 2.88. The Bertz CT molecular complexity index is 381. The van der Waals surface area contributed by atoms with Crippen molar-refractivity contribution < 1.29 is 0 Å². The number of nitrogens with zero attached hydrogens (tertiary/aromatic N) is 2. The largest absolute Gasteiger partial charge is 0.367 e. The summed E-state index contributed by atoms with van der Waals surface area (Å²) in [4.78, 5) is 9.26. The van der Waals surface area contributed by atoms with Crippen molar-refractivity contribution in [3.8, 4) is 0 Å². The Morgan fingerprint density at radius 1 is 1.25 bits per heavy atom. The molecule has 1 N–H and O–H groups in total. The summed E-state index contributed by atoms with van der Waals surface area (Å²) in [7, 11) is 0. The Morgan fingerprint density at radius 2 is 2.06 bits per heavy atom. The summed E-state index contributed by atoms with van der Waals surface area (Å²) in [5.41, 5.74) is 1.18. The van der Waals surface area contributed by atoms with E-state index in [0.717, 1.165) is 18.1 Å². The molecule has 0 aromatic carbocycles. The molecule has 0 amide bonds. The van der Waals surface area contributed by atoms with E-state index in [1.54, 1.807) is 0 Å². The summed E-state index contributed by atoms with van der Waals surface area (Å²) >= 11 is 0. The van der Waals surface area contributed by atoms with Crippen LogP contribution in [0.15, 0.2) is 6.07 Å². The van der Waals surface area contributed by atoms with Crippen molar-refractivity contribution in [1.29, 1.82) is 0 Å². The predicted molar refractivity (Wildman–Crippen MR) is 64.6 cm³/mol. The third-order valence-electron chi connectivity index (χ3n) is 3.56. The Kier molecular flexibility index (Phi) is 2.54. The minimum Gasteiger partial charge on any atom is -0.367 e. The lowest BCUT2D eigenvalue weighted by Gasteiger charge is -2.27. The fraction of sp³-hybridized carbons (Fsp3) is 0.692. The van der Waals surface area contributed by atoms with Crippen LogP contribution in [-0.4, -0.2) is 16.0 Å². The van der Waals surface area contributed by atoms with E-state index in [9.17, 15) is 0 Å². The van der Waals surface area contributed by atoms with Gasteiger partial charge < -0.3 is 5.32 Å². The molecule has 0 atom stereocenters. The molecule has 3 rings (SSSR count). The Labute approximate surface area is 96.7 Å². The van der Waals surface area contributed by atoms with Gasteiger partial charge in [0.15, 0.2) is 0 Å². The summed E-state index contributed by atoms with van der Waals surface area (Å²) in [6.45, 7) is 2.16. The van der Waals surface area contributed by atoms with E-state index in [-0.39, 0.29) is 0 Å². The molecule has 0 saturated heterocycles. The molecule has 2 aliphatic carbocycles. The van der Waals surface area contributed by atoms with E-state index >= 15 is 0 Å². The van der Waals surface area contributed by atoms with Gasteiger partial charge in [0, 0.05) is 23.7 Å². The number of rotatable bonds is 4. The zero-order valence-corrected chi connectivity index (χ0v) is 9.87. The second-order valence-corrected chi connectivity index (χ2v) is 5.00. The molecule has 1 aromatic heterocycles. The van der Waals surface area contributed by atoms with Crippen LogP contribution >= 0.6 is 0 Å². The molecule has 2 fully saturated rings. The maximum atomic E-state index is 4.64. The summed E-state index contributed by atoms with van der Waals surface area (Å²) in [5, 5.41) is 3.52. The number of hydrogen-bond acceptors (Lipinski definition) is 3. The van der Waals surface area contributed by atoms with Gasteiger partial charge in [-0.1, -0.05) is 6.92 Å². The fourth-order valence-electron chi connectivity index (χ4n) is 2.06. The number of hydrogen-bond donors (Lipinski definition) is 1. The summed E-state index contributed by atoms with van der Waals surface area (Å²) in [5.74, 6) is 2.77. The van der Waals surface area contributed by atoms with Gasteiger partial charge in [0.25, 0.3) is 0 Å². The van der Waals surface area contributed by atoms with E-state index in [0.29, 0.717) is 12.0 Å². The van der Waals surface area contributed by atoms with Crippen molar-refractivity contribution in [3.05, 3.63) is 17.6 Å². The molecular formula is C13H19N3. The van der Waals surface area contributed by atoms with Crippen LogP contribution in [0.2, 0.25) is 0 Å². The SMILES string of the molecule is CCc1cc(NC2CCC2)nc(C2CC2)n1. The van der Waals surface area contributed by atoms with Gasteiger partial charge in [-0.25, -0.2) is 9.97 Å². The van der Waals surface area contributed by atoms with Crippen LogP contribution < -0.4 is 5.32 Å². The first-order valence-electron chi connectivity index (χ1n) is 6.49. The van der Waals surface area contributed by atoms with Crippen LogP contribution in [-0.2, 0) is 6.42 Å². The van der Waals surface area contributed by atoms with Gasteiger partial charge in [-0.05, 0) is 38.5 Å². The number of anilines is 1. The highest BCUT2D eigenvalue weighted by molar-refractivity contribution is 5.38. The number of nitrogens with one attached hydrogen (secondary N) is 1. The second-order valence-electron chi connectivity index (χ2n) is 5.00. The van der Waals surface area contributed by atoms with Gasteiger partial charge in [-0.3, -0.25) is 0 Å². The van der Waals surface area contributed by atoms with Gasteiger partial charge in [0.1, 0.15) is 11.6 Å². The van der Waals surface area contributed by atoms with Crippen LogP contribution in [0.3, 0.4) is 0 Å². The molecule has 0 unspecified atom stereocenters.